The molecule has 0 aliphatic carbocycles. The fourth-order valence-corrected chi connectivity index (χ4v) is 5.49. The first kappa shape index (κ1) is 24.9. The van der Waals surface area contributed by atoms with Gasteiger partial charge in [-0.2, -0.15) is 0 Å². The zero-order chi connectivity index (χ0) is 25.2. The average Bonchev–Trinajstić information content (AvgIpc) is 2.83. The number of hydrogen-bond donors (Lipinski definition) is 2. The summed E-state index contributed by atoms with van der Waals surface area (Å²) in [6, 6.07) is 20.1. The molecule has 0 saturated heterocycles. The van der Waals surface area contributed by atoms with Crippen molar-refractivity contribution < 1.29 is 17.9 Å². The number of sulfonamides is 1. The van der Waals surface area contributed by atoms with Gasteiger partial charge in [-0.25, -0.2) is 8.42 Å². The van der Waals surface area contributed by atoms with Crippen LogP contribution in [0.1, 0.15) is 66.4 Å². The van der Waals surface area contributed by atoms with Gasteiger partial charge < -0.3 is 10.1 Å². The van der Waals surface area contributed by atoms with Gasteiger partial charge >= 0.3 is 0 Å². The number of ether oxygens (including phenoxy) is 1. The van der Waals surface area contributed by atoms with Crippen LogP contribution in [0.25, 0.3) is 0 Å². The molecular weight excluding hydrogens is 460 g/mol. The summed E-state index contributed by atoms with van der Waals surface area (Å²) in [6.07, 6.45) is 0.389. The Morgan fingerprint density at radius 2 is 1.83 bits per heavy atom. The van der Waals surface area contributed by atoms with Gasteiger partial charge in [-0.3, -0.25) is 9.52 Å². The first-order valence-electron chi connectivity index (χ1n) is 11.9. The first-order valence-corrected chi connectivity index (χ1v) is 13.4. The highest BCUT2D eigenvalue weighted by atomic mass is 32.2. The van der Waals surface area contributed by atoms with Crippen molar-refractivity contribution in [3.05, 3.63) is 89.0 Å². The number of ketones is 1. The minimum Gasteiger partial charge on any atom is -0.378 e. The molecule has 0 bridgehead atoms. The van der Waals surface area contributed by atoms with Crippen molar-refractivity contribution in [2.75, 3.05) is 16.6 Å². The highest BCUT2D eigenvalue weighted by Crippen LogP contribution is 2.42. The third-order valence-electron chi connectivity index (χ3n) is 6.22. The topological polar surface area (TPSA) is 84.5 Å². The van der Waals surface area contributed by atoms with Crippen molar-refractivity contribution in [3.8, 4) is 0 Å². The zero-order valence-corrected chi connectivity index (χ0v) is 21.4. The van der Waals surface area contributed by atoms with Crippen LogP contribution in [0.2, 0.25) is 0 Å². The number of nitrogens with one attached hydrogen (secondary N) is 2. The van der Waals surface area contributed by atoms with E-state index in [0.717, 1.165) is 22.4 Å². The van der Waals surface area contributed by atoms with Crippen LogP contribution in [0.5, 0.6) is 0 Å². The monoisotopic (exact) mass is 492 g/mol. The largest absolute Gasteiger partial charge is 0.378 e. The standard InChI is InChI=1S/C28H32N2O4S/c1-5-34-27-17-26(20-9-11-21(12-10-20)28(31)18(2)3)29-25-14-13-23(16-24(25)27)35(32,33)30-22-8-6-7-19(4)15-22/h6-16,18,26-27,29-30H,5,17H2,1-4H3/t26-,27-/m0/s1. The Morgan fingerprint density at radius 1 is 1.09 bits per heavy atom. The summed E-state index contributed by atoms with van der Waals surface area (Å²) < 4.78 is 34.9. The van der Waals surface area contributed by atoms with E-state index in [9.17, 15) is 13.2 Å². The summed E-state index contributed by atoms with van der Waals surface area (Å²) in [5.41, 5.74) is 4.93. The number of fused-ring (bicyclic) bond motifs is 1. The SMILES string of the molecule is CCO[C@H]1C[C@@H](c2ccc(C(=O)C(C)C)cc2)Nc2ccc(S(=O)(=O)Nc3cccc(C)c3)cc21. The van der Waals surface area contributed by atoms with Crippen LogP contribution < -0.4 is 10.0 Å². The molecule has 0 radical (unpaired) electrons. The van der Waals surface area contributed by atoms with Crippen molar-refractivity contribution >= 4 is 27.2 Å². The molecule has 0 unspecified atom stereocenters. The average molecular weight is 493 g/mol. The molecule has 2 N–H and O–H groups in total. The van der Waals surface area contributed by atoms with Crippen LogP contribution in [0, 0.1) is 12.8 Å². The molecule has 1 aliphatic heterocycles. The Morgan fingerprint density at radius 3 is 2.49 bits per heavy atom. The Hall–Kier alpha value is -3.16. The summed E-state index contributed by atoms with van der Waals surface area (Å²) in [7, 11) is -3.75. The zero-order valence-electron chi connectivity index (χ0n) is 20.5. The van der Waals surface area contributed by atoms with Gasteiger partial charge in [0.05, 0.1) is 17.0 Å². The summed E-state index contributed by atoms with van der Waals surface area (Å²) >= 11 is 0. The van der Waals surface area contributed by atoms with Crippen LogP contribution in [0.15, 0.2) is 71.6 Å². The van der Waals surface area contributed by atoms with Crippen molar-refractivity contribution in [1.29, 1.82) is 0 Å². The second kappa shape index (κ2) is 10.2. The molecule has 3 aromatic carbocycles. The number of rotatable bonds is 8. The van der Waals surface area contributed by atoms with E-state index in [1.165, 1.54) is 0 Å². The molecule has 6 nitrogen and oxygen atoms in total. The molecule has 0 spiro atoms. The number of aryl methyl sites for hydroxylation is 1. The van der Waals surface area contributed by atoms with Crippen LogP contribution in [-0.2, 0) is 14.8 Å². The van der Waals surface area contributed by atoms with Crippen LogP contribution in [0.4, 0.5) is 11.4 Å². The first-order chi connectivity index (χ1) is 16.7. The fraction of sp³-hybridized carbons (Fsp3) is 0.321. The minimum atomic E-state index is -3.75. The van der Waals surface area contributed by atoms with Gasteiger partial charge in [0.2, 0.25) is 0 Å². The van der Waals surface area contributed by atoms with Gasteiger partial charge in [-0.05, 0) is 55.3 Å². The molecule has 0 saturated carbocycles. The number of benzene rings is 3. The number of hydrogen-bond acceptors (Lipinski definition) is 5. The predicted molar refractivity (Wildman–Crippen MR) is 139 cm³/mol. The van der Waals surface area contributed by atoms with E-state index < -0.39 is 10.0 Å². The number of carbonyl (C=O) groups excluding carboxylic acids is 1. The van der Waals surface area contributed by atoms with Gasteiger partial charge in [0, 0.05) is 41.4 Å². The van der Waals surface area contributed by atoms with Gasteiger partial charge in [0.1, 0.15) is 0 Å². The molecule has 0 aromatic heterocycles. The molecule has 35 heavy (non-hydrogen) atoms. The Labute approximate surface area is 207 Å². The summed E-state index contributed by atoms with van der Waals surface area (Å²) in [4.78, 5) is 12.5. The molecule has 0 fully saturated rings. The quantitative estimate of drug-likeness (QED) is 0.362. The van der Waals surface area contributed by atoms with Crippen molar-refractivity contribution in [1.82, 2.24) is 0 Å². The number of Topliss-reactive ketones (excluding diaryl/α,β-unsaturated/α-hetero) is 1. The molecule has 2 atom stereocenters. The number of carbonyl (C=O) groups is 1. The lowest BCUT2D eigenvalue weighted by atomic mass is 9.90. The van der Waals surface area contributed by atoms with Crippen LogP contribution in [0.3, 0.4) is 0 Å². The lowest BCUT2D eigenvalue weighted by molar-refractivity contribution is 0.0497. The Kier molecular flexibility index (Phi) is 7.28. The second-order valence-corrected chi connectivity index (χ2v) is 10.9. The molecule has 4 rings (SSSR count). The third kappa shape index (κ3) is 5.57. The van der Waals surface area contributed by atoms with Crippen molar-refractivity contribution in [2.24, 2.45) is 5.92 Å². The highest BCUT2D eigenvalue weighted by molar-refractivity contribution is 7.92. The van der Waals surface area contributed by atoms with Gasteiger partial charge in [-0.15, -0.1) is 0 Å². The fourth-order valence-electron chi connectivity index (χ4n) is 4.41. The van der Waals surface area contributed by atoms with Crippen LogP contribution in [-0.4, -0.2) is 20.8 Å². The number of anilines is 2. The molecule has 7 heteroatoms. The van der Waals surface area contributed by atoms with E-state index in [1.807, 2.05) is 64.1 Å². The molecular formula is C28H32N2O4S. The maximum Gasteiger partial charge on any atom is 0.261 e. The van der Waals surface area contributed by atoms with Crippen molar-refractivity contribution in [2.45, 2.75) is 51.2 Å². The minimum absolute atomic E-state index is 0.0184. The van der Waals surface area contributed by atoms with E-state index in [4.69, 9.17) is 4.74 Å². The molecule has 3 aromatic rings. The second-order valence-electron chi connectivity index (χ2n) is 9.24. The lowest BCUT2D eigenvalue weighted by Crippen LogP contribution is -2.24. The van der Waals surface area contributed by atoms with E-state index in [2.05, 4.69) is 10.0 Å². The van der Waals surface area contributed by atoms with Crippen molar-refractivity contribution in [3.63, 3.8) is 0 Å². The molecule has 1 aliphatic rings. The maximum atomic E-state index is 13.1. The highest BCUT2D eigenvalue weighted by Gasteiger charge is 2.30. The van der Waals surface area contributed by atoms with E-state index in [0.29, 0.717) is 24.3 Å². The Balaban J connectivity index is 1.60. The smallest absolute Gasteiger partial charge is 0.261 e. The summed E-state index contributed by atoms with van der Waals surface area (Å²) in [6.45, 7) is 8.15. The molecule has 1 heterocycles. The third-order valence-corrected chi connectivity index (χ3v) is 7.60. The normalized spacial score (nSPS) is 17.5. The summed E-state index contributed by atoms with van der Waals surface area (Å²) in [5, 5.41) is 3.53. The van der Waals surface area contributed by atoms with E-state index in [1.54, 1.807) is 30.3 Å². The van der Waals surface area contributed by atoms with E-state index in [-0.39, 0.29) is 28.7 Å². The van der Waals surface area contributed by atoms with E-state index >= 15 is 0 Å². The molecule has 184 valence electrons. The molecule has 0 amide bonds. The van der Waals surface area contributed by atoms with Gasteiger partial charge in [-0.1, -0.05) is 50.2 Å². The van der Waals surface area contributed by atoms with Gasteiger partial charge in [0.25, 0.3) is 10.0 Å². The van der Waals surface area contributed by atoms with Crippen LogP contribution >= 0.6 is 0 Å². The Bertz CT molecular complexity index is 1320. The predicted octanol–water partition coefficient (Wildman–Crippen LogP) is 6.27. The summed E-state index contributed by atoms with van der Waals surface area (Å²) in [5.74, 6) is 0.0763. The maximum absolute atomic E-state index is 13.1. The van der Waals surface area contributed by atoms with Gasteiger partial charge in [0.15, 0.2) is 5.78 Å². The lowest BCUT2D eigenvalue weighted by Gasteiger charge is -2.33.